The normalized spacial score (nSPS) is 14.5. The molecule has 1 aliphatic heterocycles. The third kappa shape index (κ3) is 2.68. The van der Waals surface area contributed by atoms with Gasteiger partial charge in [-0.25, -0.2) is 4.79 Å². The Morgan fingerprint density at radius 3 is 2.94 bits per heavy atom. The molecule has 1 atom stereocenters. The third-order valence-electron chi connectivity index (χ3n) is 2.47. The van der Waals surface area contributed by atoms with Crippen LogP contribution in [0, 0.1) is 0 Å². The van der Waals surface area contributed by atoms with E-state index in [9.17, 15) is 4.79 Å². The maximum Gasteiger partial charge on any atom is 0.334 e. The van der Waals surface area contributed by atoms with E-state index >= 15 is 0 Å². The van der Waals surface area contributed by atoms with E-state index in [1.54, 1.807) is 6.92 Å². The van der Waals surface area contributed by atoms with Crippen molar-refractivity contribution in [2.24, 2.45) is 0 Å². The van der Waals surface area contributed by atoms with Crippen LogP contribution in [0.25, 0.3) is 0 Å². The standard InChI is InChI=1S/C12H14O5/c1-8(12(13)14-2)15-6-9-3-4-10-11(5-9)17-7-16-10/h3-5,8H,6-7H2,1-2H3. The number of rotatable bonds is 4. The highest BCUT2D eigenvalue weighted by Crippen LogP contribution is 2.32. The van der Waals surface area contributed by atoms with Gasteiger partial charge in [-0.2, -0.15) is 0 Å². The van der Waals surface area contributed by atoms with Crippen LogP contribution in [-0.2, 0) is 20.9 Å². The van der Waals surface area contributed by atoms with Gasteiger partial charge in [-0.15, -0.1) is 0 Å². The van der Waals surface area contributed by atoms with Gasteiger partial charge in [0.05, 0.1) is 13.7 Å². The maximum atomic E-state index is 11.1. The summed E-state index contributed by atoms with van der Waals surface area (Å²) in [5.41, 5.74) is 0.921. The van der Waals surface area contributed by atoms with Gasteiger partial charge in [-0.1, -0.05) is 6.07 Å². The van der Waals surface area contributed by atoms with Crippen molar-refractivity contribution < 1.29 is 23.7 Å². The lowest BCUT2D eigenvalue weighted by Gasteiger charge is -2.10. The molecule has 1 unspecified atom stereocenters. The van der Waals surface area contributed by atoms with Crippen LogP contribution < -0.4 is 9.47 Å². The van der Waals surface area contributed by atoms with Crippen molar-refractivity contribution in [1.29, 1.82) is 0 Å². The second-order valence-corrected chi connectivity index (χ2v) is 3.66. The van der Waals surface area contributed by atoms with Crippen LogP contribution in [0.1, 0.15) is 12.5 Å². The highest BCUT2D eigenvalue weighted by atomic mass is 16.7. The largest absolute Gasteiger partial charge is 0.467 e. The van der Waals surface area contributed by atoms with Crippen molar-refractivity contribution in [3.8, 4) is 11.5 Å². The van der Waals surface area contributed by atoms with Gasteiger partial charge in [-0.05, 0) is 24.6 Å². The smallest absolute Gasteiger partial charge is 0.334 e. The van der Waals surface area contributed by atoms with Gasteiger partial charge in [-0.3, -0.25) is 0 Å². The topological polar surface area (TPSA) is 54.0 Å². The van der Waals surface area contributed by atoms with E-state index in [1.165, 1.54) is 7.11 Å². The molecule has 1 aliphatic rings. The minimum Gasteiger partial charge on any atom is -0.467 e. The summed E-state index contributed by atoms with van der Waals surface area (Å²) in [7, 11) is 1.34. The molecule has 5 nitrogen and oxygen atoms in total. The summed E-state index contributed by atoms with van der Waals surface area (Å²) in [5.74, 6) is 1.05. The number of carbonyl (C=O) groups is 1. The molecule has 92 valence electrons. The van der Waals surface area contributed by atoms with Crippen LogP contribution in [0.2, 0.25) is 0 Å². The molecule has 2 rings (SSSR count). The maximum absolute atomic E-state index is 11.1. The monoisotopic (exact) mass is 238 g/mol. The van der Waals surface area contributed by atoms with E-state index < -0.39 is 6.10 Å². The Hall–Kier alpha value is -1.75. The first-order chi connectivity index (χ1) is 8.20. The molecular formula is C12H14O5. The fraction of sp³-hybridized carbons (Fsp3) is 0.417. The second kappa shape index (κ2) is 5.05. The Morgan fingerprint density at radius 1 is 1.41 bits per heavy atom. The lowest BCUT2D eigenvalue weighted by Crippen LogP contribution is -2.21. The van der Waals surface area contributed by atoms with Gasteiger partial charge in [0.15, 0.2) is 17.6 Å². The minimum absolute atomic E-state index is 0.248. The number of ether oxygens (including phenoxy) is 4. The van der Waals surface area contributed by atoms with E-state index in [1.807, 2.05) is 18.2 Å². The van der Waals surface area contributed by atoms with E-state index in [2.05, 4.69) is 4.74 Å². The lowest BCUT2D eigenvalue weighted by atomic mass is 10.2. The molecule has 0 spiro atoms. The Bertz CT molecular complexity index is 415. The van der Waals surface area contributed by atoms with E-state index in [-0.39, 0.29) is 12.8 Å². The molecule has 1 heterocycles. The summed E-state index contributed by atoms with van der Waals surface area (Å²) in [6, 6.07) is 5.54. The quantitative estimate of drug-likeness (QED) is 0.744. The van der Waals surface area contributed by atoms with Gasteiger partial charge in [0, 0.05) is 0 Å². The molecular weight excluding hydrogens is 224 g/mol. The molecule has 17 heavy (non-hydrogen) atoms. The van der Waals surface area contributed by atoms with E-state index in [0.29, 0.717) is 12.4 Å². The molecule has 0 radical (unpaired) electrons. The SMILES string of the molecule is COC(=O)C(C)OCc1ccc2c(c1)OCO2. The van der Waals surface area contributed by atoms with Gasteiger partial charge in [0.2, 0.25) is 6.79 Å². The first kappa shape index (κ1) is 11.7. The fourth-order valence-corrected chi connectivity index (χ4v) is 1.49. The zero-order valence-electron chi connectivity index (χ0n) is 9.76. The molecule has 0 aromatic heterocycles. The molecule has 0 amide bonds. The minimum atomic E-state index is -0.578. The third-order valence-corrected chi connectivity index (χ3v) is 2.47. The average molecular weight is 238 g/mol. The van der Waals surface area contributed by atoms with Crippen LogP contribution in [0.4, 0.5) is 0 Å². The van der Waals surface area contributed by atoms with Crippen LogP contribution in [-0.4, -0.2) is 26.0 Å². The second-order valence-electron chi connectivity index (χ2n) is 3.66. The van der Waals surface area contributed by atoms with Crippen molar-refractivity contribution in [3.05, 3.63) is 23.8 Å². The Labute approximate surface area is 99.2 Å². The van der Waals surface area contributed by atoms with Gasteiger partial charge < -0.3 is 18.9 Å². The predicted molar refractivity (Wildman–Crippen MR) is 58.8 cm³/mol. The van der Waals surface area contributed by atoms with Crippen molar-refractivity contribution in [3.63, 3.8) is 0 Å². The van der Waals surface area contributed by atoms with Gasteiger partial charge in [0.25, 0.3) is 0 Å². The first-order valence-corrected chi connectivity index (χ1v) is 5.28. The molecule has 0 saturated heterocycles. The Morgan fingerprint density at radius 2 is 2.18 bits per heavy atom. The van der Waals surface area contributed by atoms with Crippen molar-refractivity contribution in [2.45, 2.75) is 19.6 Å². The molecule has 0 N–H and O–H groups in total. The number of benzene rings is 1. The van der Waals surface area contributed by atoms with E-state index in [0.717, 1.165) is 11.3 Å². The molecule has 1 aromatic rings. The predicted octanol–water partition coefficient (Wildman–Crippen LogP) is 1.49. The van der Waals surface area contributed by atoms with Crippen molar-refractivity contribution in [1.82, 2.24) is 0 Å². The highest BCUT2D eigenvalue weighted by Gasteiger charge is 2.16. The summed E-state index contributed by atoms with van der Waals surface area (Å²) in [6.07, 6.45) is -0.578. The van der Waals surface area contributed by atoms with E-state index in [4.69, 9.17) is 14.2 Å². The number of methoxy groups -OCH3 is 1. The molecule has 0 fully saturated rings. The zero-order valence-corrected chi connectivity index (χ0v) is 9.76. The summed E-state index contributed by atoms with van der Waals surface area (Å²) in [6.45, 7) is 2.23. The molecule has 5 heteroatoms. The zero-order chi connectivity index (χ0) is 12.3. The van der Waals surface area contributed by atoms with Crippen LogP contribution in [0.3, 0.4) is 0 Å². The number of carbonyl (C=O) groups excluding carboxylic acids is 1. The van der Waals surface area contributed by atoms with Crippen LogP contribution in [0.5, 0.6) is 11.5 Å². The van der Waals surface area contributed by atoms with Crippen molar-refractivity contribution in [2.75, 3.05) is 13.9 Å². The van der Waals surface area contributed by atoms with Gasteiger partial charge >= 0.3 is 5.97 Å². The Balaban J connectivity index is 1.93. The lowest BCUT2D eigenvalue weighted by molar-refractivity contribution is -0.153. The summed E-state index contributed by atoms with van der Waals surface area (Å²) < 4.78 is 20.4. The molecule has 0 aliphatic carbocycles. The summed E-state index contributed by atoms with van der Waals surface area (Å²) in [4.78, 5) is 11.1. The highest BCUT2D eigenvalue weighted by molar-refractivity contribution is 5.73. The number of fused-ring (bicyclic) bond motifs is 1. The van der Waals surface area contributed by atoms with Crippen LogP contribution in [0.15, 0.2) is 18.2 Å². The van der Waals surface area contributed by atoms with Crippen molar-refractivity contribution >= 4 is 5.97 Å². The molecule has 1 aromatic carbocycles. The molecule has 0 bridgehead atoms. The number of hydrogen-bond donors (Lipinski definition) is 0. The van der Waals surface area contributed by atoms with Gasteiger partial charge in [0.1, 0.15) is 0 Å². The summed E-state index contributed by atoms with van der Waals surface area (Å²) in [5, 5.41) is 0. The molecule has 0 saturated carbocycles. The van der Waals surface area contributed by atoms with Crippen LogP contribution >= 0.6 is 0 Å². The Kier molecular flexibility index (Phi) is 3.49. The average Bonchev–Trinajstić information content (AvgIpc) is 2.82. The number of esters is 1. The fourth-order valence-electron chi connectivity index (χ4n) is 1.49. The summed E-state index contributed by atoms with van der Waals surface area (Å²) >= 11 is 0. The number of hydrogen-bond acceptors (Lipinski definition) is 5. The first-order valence-electron chi connectivity index (χ1n) is 5.28.